The molecule has 120 valence electrons. The summed E-state index contributed by atoms with van der Waals surface area (Å²) in [7, 11) is 0. The number of hydrazine groups is 1. The minimum absolute atomic E-state index is 0.00539. The molecule has 0 unspecified atom stereocenters. The molecule has 0 spiro atoms. The molecule has 1 amide bonds. The maximum atomic E-state index is 13.4. The monoisotopic (exact) mass is 353 g/mol. The van der Waals surface area contributed by atoms with Crippen LogP contribution in [0.1, 0.15) is 15.9 Å². The number of phenols is 1. The Kier molecular flexibility index (Phi) is 5.36. The van der Waals surface area contributed by atoms with Crippen molar-refractivity contribution in [1.82, 2.24) is 10.9 Å². The number of phenolic OH excluding ortho intramolecular Hbond substituents is 1. The number of nitrogens with one attached hydrogen (secondary N) is 3. The normalized spacial score (nSPS) is 10.0. The van der Waals surface area contributed by atoms with Gasteiger partial charge in [-0.25, -0.2) is 4.39 Å². The first-order valence-corrected chi connectivity index (χ1v) is 7.27. The van der Waals surface area contributed by atoms with Gasteiger partial charge in [-0.15, -0.1) is 0 Å². The van der Waals surface area contributed by atoms with E-state index in [0.717, 1.165) is 0 Å². The Balaban J connectivity index is 1.94. The molecule has 0 radical (unpaired) electrons. The van der Waals surface area contributed by atoms with Crippen molar-refractivity contribution in [3.63, 3.8) is 0 Å². The highest BCUT2D eigenvalue weighted by atomic mass is 35.5. The zero-order chi connectivity index (χ0) is 17.0. The van der Waals surface area contributed by atoms with Gasteiger partial charge in [0.25, 0.3) is 5.91 Å². The van der Waals surface area contributed by atoms with Crippen LogP contribution in [0.25, 0.3) is 0 Å². The van der Waals surface area contributed by atoms with Gasteiger partial charge in [-0.2, -0.15) is 0 Å². The average molecular weight is 354 g/mol. The van der Waals surface area contributed by atoms with Gasteiger partial charge < -0.3 is 10.4 Å². The van der Waals surface area contributed by atoms with Gasteiger partial charge in [-0.05, 0) is 55.0 Å². The van der Waals surface area contributed by atoms with Crippen LogP contribution in [0.2, 0.25) is 5.02 Å². The number of thiocarbonyl (C=S) groups is 1. The quantitative estimate of drug-likeness (QED) is 0.493. The van der Waals surface area contributed by atoms with Crippen LogP contribution in [0.15, 0.2) is 36.4 Å². The zero-order valence-corrected chi connectivity index (χ0v) is 13.6. The van der Waals surface area contributed by atoms with E-state index in [2.05, 4.69) is 16.2 Å². The van der Waals surface area contributed by atoms with Gasteiger partial charge in [0, 0.05) is 10.7 Å². The van der Waals surface area contributed by atoms with Crippen LogP contribution >= 0.6 is 23.8 Å². The minimum Gasteiger partial charge on any atom is -0.507 e. The molecule has 0 aliphatic rings. The summed E-state index contributed by atoms with van der Waals surface area (Å²) in [6.07, 6.45) is 0. The van der Waals surface area contributed by atoms with Crippen molar-refractivity contribution in [2.75, 3.05) is 5.32 Å². The number of anilines is 1. The number of carbonyl (C=O) groups excluding carboxylic acids is 1. The van der Waals surface area contributed by atoms with E-state index in [1.165, 1.54) is 24.3 Å². The summed E-state index contributed by atoms with van der Waals surface area (Å²) in [5.74, 6) is -1.21. The standard InChI is InChI=1S/C15H13ClFN3O2S/c1-8-2-4-10(7-12(8)17)18-15(23)20-19-14(22)11-6-9(16)3-5-13(11)21/h2-7,21H,1H3,(H,19,22)(H2,18,20,23). The molecule has 23 heavy (non-hydrogen) atoms. The van der Waals surface area contributed by atoms with Gasteiger partial charge in [0.05, 0.1) is 5.56 Å². The van der Waals surface area contributed by atoms with Crippen molar-refractivity contribution in [2.24, 2.45) is 0 Å². The third-order valence-electron chi connectivity index (χ3n) is 2.92. The fourth-order valence-corrected chi connectivity index (χ4v) is 2.04. The average Bonchev–Trinajstić information content (AvgIpc) is 2.51. The molecule has 0 aliphatic carbocycles. The van der Waals surface area contributed by atoms with E-state index >= 15 is 0 Å². The van der Waals surface area contributed by atoms with Gasteiger partial charge >= 0.3 is 0 Å². The molecule has 0 aromatic heterocycles. The number of carbonyl (C=O) groups is 1. The number of benzene rings is 2. The SMILES string of the molecule is Cc1ccc(NC(=S)NNC(=O)c2cc(Cl)ccc2O)cc1F. The fourth-order valence-electron chi connectivity index (χ4n) is 1.70. The number of aryl methyl sites for hydroxylation is 1. The molecular weight excluding hydrogens is 341 g/mol. The van der Waals surface area contributed by atoms with Crippen molar-refractivity contribution in [3.05, 3.63) is 58.4 Å². The fraction of sp³-hybridized carbons (Fsp3) is 0.0667. The van der Waals surface area contributed by atoms with Gasteiger partial charge in [0.2, 0.25) is 0 Å². The highest BCUT2D eigenvalue weighted by Gasteiger charge is 2.12. The molecule has 0 heterocycles. The number of aromatic hydroxyl groups is 1. The van der Waals surface area contributed by atoms with Crippen molar-refractivity contribution < 1.29 is 14.3 Å². The van der Waals surface area contributed by atoms with Gasteiger partial charge in [0.1, 0.15) is 11.6 Å². The second-order valence-electron chi connectivity index (χ2n) is 4.66. The lowest BCUT2D eigenvalue weighted by Crippen LogP contribution is -2.43. The summed E-state index contributed by atoms with van der Waals surface area (Å²) in [4.78, 5) is 11.9. The number of halogens is 2. The summed E-state index contributed by atoms with van der Waals surface area (Å²) >= 11 is 10.8. The second kappa shape index (κ2) is 7.26. The zero-order valence-electron chi connectivity index (χ0n) is 12.0. The molecular formula is C15H13ClFN3O2S. The van der Waals surface area contributed by atoms with Gasteiger partial charge in [-0.1, -0.05) is 17.7 Å². The first-order chi connectivity index (χ1) is 10.9. The van der Waals surface area contributed by atoms with Crippen LogP contribution in [-0.4, -0.2) is 16.1 Å². The molecule has 0 atom stereocenters. The molecule has 0 fully saturated rings. The smallest absolute Gasteiger partial charge is 0.273 e. The van der Waals surface area contributed by atoms with Crippen LogP contribution in [0, 0.1) is 12.7 Å². The number of hydrogen-bond acceptors (Lipinski definition) is 3. The molecule has 0 saturated heterocycles. The first kappa shape index (κ1) is 17.0. The Morgan fingerprint density at radius 3 is 2.65 bits per heavy atom. The summed E-state index contributed by atoms with van der Waals surface area (Å²) in [5, 5.41) is 12.7. The maximum Gasteiger partial charge on any atom is 0.273 e. The predicted molar refractivity (Wildman–Crippen MR) is 91.1 cm³/mol. The third kappa shape index (κ3) is 4.54. The summed E-state index contributed by atoms with van der Waals surface area (Å²) < 4.78 is 13.4. The summed E-state index contributed by atoms with van der Waals surface area (Å²) in [5.41, 5.74) is 5.71. The lowest BCUT2D eigenvalue weighted by atomic mass is 10.2. The Morgan fingerprint density at radius 2 is 1.96 bits per heavy atom. The molecule has 2 aromatic rings. The van der Waals surface area contributed by atoms with Crippen molar-refractivity contribution in [2.45, 2.75) is 6.92 Å². The van der Waals surface area contributed by atoms with Crippen LogP contribution in [0.3, 0.4) is 0 Å². The minimum atomic E-state index is -0.621. The highest BCUT2D eigenvalue weighted by molar-refractivity contribution is 7.80. The van der Waals surface area contributed by atoms with E-state index in [1.54, 1.807) is 19.1 Å². The highest BCUT2D eigenvalue weighted by Crippen LogP contribution is 2.21. The van der Waals surface area contributed by atoms with Crippen LogP contribution in [0.4, 0.5) is 10.1 Å². The molecule has 0 aliphatic heterocycles. The molecule has 0 bridgehead atoms. The Hall–Kier alpha value is -2.38. The molecule has 5 nitrogen and oxygen atoms in total. The van der Waals surface area contributed by atoms with Crippen molar-refractivity contribution >= 4 is 40.5 Å². The molecule has 2 aromatic carbocycles. The van der Waals surface area contributed by atoms with Crippen molar-refractivity contribution in [3.8, 4) is 5.75 Å². The van der Waals surface area contributed by atoms with Crippen LogP contribution < -0.4 is 16.2 Å². The topological polar surface area (TPSA) is 73.4 Å². The molecule has 8 heteroatoms. The van der Waals surface area contributed by atoms with Gasteiger partial charge in [0.15, 0.2) is 5.11 Å². The van der Waals surface area contributed by atoms with E-state index in [0.29, 0.717) is 16.3 Å². The van der Waals surface area contributed by atoms with E-state index in [-0.39, 0.29) is 22.2 Å². The molecule has 4 N–H and O–H groups in total. The molecule has 0 saturated carbocycles. The van der Waals surface area contributed by atoms with E-state index in [1.807, 2.05) is 0 Å². The summed E-state index contributed by atoms with van der Waals surface area (Å²) in [6, 6.07) is 8.62. The predicted octanol–water partition coefficient (Wildman–Crippen LogP) is 3.12. The van der Waals surface area contributed by atoms with Crippen LogP contribution in [0.5, 0.6) is 5.75 Å². The van der Waals surface area contributed by atoms with E-state index < -0.39 is 5.91 Å². The maximum absolute atomic E-state index is 13.4. The number of hydrogen-bond donors (Lipinski definition) is 4. The van der Waals surface area contributed by atoms with Gasteiger partial charge in [-0.3, -0.25) is 15.6 Å². The van der Waals surface area contributed by atoms with Crippen LogP contribution in [-0.2, 0) is 0 Å². The lowest BCUT2D eigenvalue weighted by Gasteiger charge is -2.12. The summed E-state index contributed by atoms with van der Waals surface area (Å²) in [6.45, 7) is 1.65. The first-order valence-electron chi connectivity index (χ1n) is 6.49. The number of amides is 1. The Bertz CT molecular complexity index is 770. The lowest BCUT2D eigenvalue weighted by molar-refractivity contribution is 0.0941. The second-order valence-corrected chi connectivity index (χ2v) is 5.50. The largest absolute Gasteiger partial charge is 0.507 e. The van der Waals surface area contributed by atoms with E-state index in [4.69, 9.17) is 23.8 Å². The van der Waals surface area contributed by atoms with E-state index in [9.17, 15) is 14.3 Å². The third-order valence-corrected chi connectivity index (χ3v) is 3.36. The Labute approximate surface area is 142 Å². The Morgan fingerprint density at radius 1 is 1.22 bits per heavy atom. The van der Waals surface area contributed by atoms with Crippen molar-refractivity contribution in [1.29, 1.82) is 0 Å². The molecule has 2 rings (SSSR count). The number of rotatable bonds is 2.